The SMILES string of the molecule is COc1ccc(N2CCN(c3nc(-c4ccccc4)nc4ccccc34)CC2)cc1. The number of rotatable bonds is 4. The molecule has 0 aliphatic carbocycles. The van der Waals surface area contributed by atoms with Gasteiger partial charge in [-0.2, -0.15) is 0 Å². The summed E-state index contributed by atoms with van der Waals surface area (Å²) >= 11 is 0. The van der Waals surface area contributed by atoms with Gasteiger partial charge in [0, 0.05) is 42.8 Å². The van der Waals surface area contributed by atoms with Crippen LogP contribution in [0.4, 0.5) is 11.5 Å². The van der Waals surface area contributed by atoms with Crippen molar-refractivity contribution in [2.24, 2.45) is 0 Å². The van der Waals surface area contributed by atoms with E-state index in [0.717, 1.165) is 60.0 Å². The third-order valence-electron chi connectivity index (χ3n) is 5.63. The topological polar surface area (TPSA) is 41.5 Å². The smallest absolute Gasteiger partial charge is 0.162 e. The average molecular weight is 396 g/mol. The van der Waals surface area contributed by atoms with Crippen molar-refractivity contribution >= 4 is 22.4 Å². The molecule has 5 nitrogen and oxygen atoms in total. The largest absolute Gasteiger partial charge is 0.497 e. The van der Waals surface area contributed by atoms with E-state index < -0.39 is 0 Å². The summed E-state index contributed by atoms with van der Waals surface area (Å²) in [7, 11) is 1.70. The number of piperazine rings is 1. The van der Waals surface area contributed by atoms with Crippen molar-refractivity contribution in [2.75, 3.05) is 43.1 Å². The number of fused-ring (bicyclic) bond motifs is 1. The van der Waals surface area contributed by atoms with E-state index in [0.29, 0.717) is 0 Å². The number of hydrogen-bond donors (Lipinski definition) is 0. The van der Waals surface area contributed by atoms with Crippen molar-refractivity contribution in [1.82, 2.24) is 9.97 Å². The number of nitrogens with zero attached hydrogens (tertiary/aromatic N) is 4. The monoisotopic (exact) mass is 396 g/mol. The second-order valence-electron chi connectivity index (χ2n) is 7.43. The first-order valence-electron chi connectivity index (χ1n) is 10.3. The van der Waals surface area contributed by atoms with E-state index in [1.807, 2.05) is 36.4 Å². The zero-order valence-electron chi connectivity index (χ0n) is 17.0. The van der Waals surface area contributed by atoms with Crippen molar-refractivity contribution in [3.8, 4) is 17.1 Å². The molecule has 1 aromatic heterocycles. The predicted molar refractivity (Wildman–Crippen MR) is 122 cm³/mol. The van der Waals surface area contributed by atoms with Crippen molar-refractivity contribution in [1.29, 1.82) is 0 Å². The van der Waals surface area contributed by atoms with Gasteiger partial charge in [0.1, 0.15) is 11.6 Å². The molecule has 0 bridgehead atoms. The molecule has 2 heterocycles. The predicted octanol–water partition coefficient (Wildman–Crippen LogP) is 4.63. The van der Waals surface area contributed by atoms with Crippen LogP contribution < -0.4 is 14.5 Å². The van der Waals surface area contributed by atoms with Crippen molar-refractivity contribution in [3.63, 3.8) is 0 Å². The van der Waals surface area contributed by atoms with Gasteiger partial charge in [0.25, 0.3) is 0 Å². The number of benzene rings is 3. The third kappa shape index (κ3) is 3.54. The van der Waals surface area contributed by atoms with E-state index in [4.69, 9.17) is 14.7 Å². The lowest BCUT2D eigenvalue weighted by Crippen LogP contribution is -2.47. The second kappa shape index (κ2) is 8.03. The number of methoxy groups -OCH3 is 1. The van der Waals surface area contributed by atoms with Crippen LogP contribution in [0.25, 0.3) is 22.3 Å². The van der Waals surface area contributed by atoms with Gasteiger partial charge in [-0.15, -0.1) is 0 Å². The highest BCUT2D eigenvalue weighted by Crippen LogP contribution is 2.29. The van der Waals surface area contributed by atoms with Crippen LogP contribution in [0.3, 0.4) is 0 Å². The summed E-state index contributed by atoms with van der Waals surface area (Å²) in [6.45, 7) is 3.74. The number of para-hydroxylation sites is 1. The molecule has 0 amide bonds. The lowest BCUT2D eigenvalue weighted by atomic mass is 10.1. The van der Waals surface area contributed by atoms with Gasteiger partial charge in [-0.1, -0.05) is 42.5 Å². The van der Waals surface area contributed by atoms with Gasteiger partial charge in [0.2, 0.25) is 0 Å². The van der Waals surface area contributed by atoms with Crippen molar-refractivity contribution in [2.45, 2.75) is 0 Å². The molecule has 4 aromatic rings. The van der Waals surface area contributed by atoms with Gasteiger partial charge in [-0.05, 0) is 36.4 Å². The fourth-order valence-corrected chi connectivity index (χ4v) is 3.99. The Morgan fingerprint density at radius 2 is 1.37 bits per heavy atom. The molecule has 3 aromatic carbocycles. The molecule has 0 spiro atoms. The van der Waals surface area contributed by atoms with Crippen LogP contribution in [0, 0.1) is 0 Å². The molecular weight excluding hydrogens is 372 g/mol. The summed E-state index contributed by atoms with van der Waals surface area (Å²) in [4.78, 5) is 14.6. The van der Waals surface area contributed by atoms with E-state index in [2.05, 4.69) is 52.3 Å². The maximum Gasteiger partial charge on any atom is 0.162 e. The van der Waals surface area contributed by atoms with Crippen molar-refractivity contribution < 1.29 is 4.74 Å². The third-order valence-corrected chi connectivity index (χ3v) is 5.63. The zero-order valence-corrected chi connectivity index (χ0v) is 17.0. The Morgan fingerprint density at radius 1 is 0.700 bits per heavy atom. The van der Waals surface area contributed by atoms with E-state index in [-0.39, 0.29) is 0 Å². The van der Waals surface area contributed by atoms with Gasteiger partial charge in [0.15, 0.2) is 5.82 Å². The molecular formula is C25H24N4O. The molecule has 0 saturated carbocycles. The summed E-state index contributed by atoms with van der Waals surface area (Å²) in [6, 6.07) is 26.8. The summed E-state index contributed by atoms with van der Waals surface area (Å²) in [5, 5.41) is 1.11. The Bertz CT molecular complexity index is 1140. The molecule has 1 fully saturated rings. The molecule has 1 aliphatic rings. The van der Waals surface area contributed by atoms with Crippen LogP contribution >= 0.6 is 0 Å². The minimum atomic E-state index is 0.780. The fraction of sp³-hybridized carbons (Fsp3) is 0.200. The first kappa shape index (κ1) is 18.4. The van der Waals surface area contributed by atoms with Crippen LogP contribution in [0.2, 0.25) is 0 Å². The molecule has 5 heteroatoms. The minimum Gasteiger partial charge on any atom is -0.497 e. The van der Waals surface area contributed by atoms with Crippen LogP contribution in [-0.2, 0) is 0 Å². The molecule has 150 valence electrons. The number of anilines is 2. The average Bonchev–Trinajstić information content (AvgIpc) is 2.84. The van der Waals surface area contributed by atoms with Gasteiger partial charge in [0.05, 0.1) is 12.6 Å². The molecule has 1 saturated heterocycles. The lowest BCUT2D eigenvalue weighted by Gasteiger charge is -2.37. The Labute approximate surface area is 176 Å². The van der Waals surface area contributed by atoms with Crippen LogP contribution in [0.1, 0.15) is 0 Å². The van der Waals surface area contributed by atoms with Crippen LogP contribution in [-0.4, -0.2) is 43.3 Å². The summed E-state index contributed by atoms with van der Waals surface area (Å²) in [6.07, 6.45) is 0. The first-order valence-corrected chi connectivity index (χ1v) is 10.3. The quantitative estimate of drug-likeness (QED) is 0.503. The molecule has 0 atom stereocenters. The summed E-state index contributed by atoms with van der Waals surface area (Å²) < 4.78 is 5.28. The molecule has 0 radical (unpaired) electrons. The van der Waals surface area contributed by atoms with E-state index in [1.54, 1.807) is 7.11 Å². The second-order valence-corrected chi connectivity index (χ2v) is 7.43. The molecule has 0 unspecified atom stereocenters. The summed E-state index contributed by atoms with van der Waals surface area (Å²) in [5.41, 5.74) is 3.26. The van der Waals surface area contributed by atoms with E-state index in [9.17, 15) is 0 Å². The highest BCUT2D eigenvalue weighted by atomic mass is 16.5. The maximum atomic E-state index is 5.28. The Kier molecular flexibility index (Phi) is 4.93. The van der Waals surface area contributed by atoms with Crippen LogP contribution in [0.5, 0.6) is 5.75 Å². The lowest BCUT2D eigenvalue weighted by molar-refractivity contribution is 0.415. The standard InChI is InChI=1S/C25H24N4O/c1-30-21-13-11-20(12-14-21)28-15-17-29(18-16-28)25-22-9-5-6-10-23(22)26-24(27-25)19-7-3-2-4-8-19/h2-14H,15-18H2,1H3. The highest BCUT2D eigenvalue weighted by molar-refractivity contribution is 5.91. The first-order chi connectivity index (χ1) is 14.8. The van der Waals surface area contributed by atoms with Gasteiger partial charge in [-0.3, -0.25) is 0 Å². The van der Waals surface area contributed by atoms with Gasteiger partial charge >= 0.3 is 0 Å². The zero-order chi connectivity index (χ0) is 20.3. The molecule has 30 heavy (non-hydrogen) atoms. The van der Waals surface area contributed by atoms with Crippen LogP contribution in [0.15, 0.2) is 78.9 Å². The Hall–Kier alpha value is -3.60. The molecule has 1 aliphatic heterocycles. The molecule has 5 rings (SSSR count). The summed E-state index contributed by atoms with van der Waals surface area (Å²) in [5.74, 6) is 2.69. The molecule has 0 N–H and O–H groups in total. The van der Waals surface area contributed by atoms with Gasteiger partial charge in [-0.25, -0.2) is 9.97 Å². The number of ether oxygens (including phenoxy) is 1. The number of aromatic nitrogens is 2. The van der Waals surface area contributed by atoms with E-state index in [1.165, 1.54) is 5.69 Å². The normalized spacial score (nSPS) is 14.2. The van der Waals surface area contributed by atoms with E-state index >= 15 is 0 Å². The van der Waals surface area contributed by atoms with Crippen molar-refractivity contribution in [3.05, 3.63) is 78.9 Å². The number of hydrogen-bond acceptors (Lipinski definition) is 5. The Morgan fingerprint density at radius 3 is 2.10 bits per heavy atom. The highest BCUT2D eigenvalue weighted by Gasteiger charge is 2.21. The minimum absolute atomic E-state index is 0.780. The maximum absolute atomic E-state index is 5.28. The fourth-order valence-electron chi connectivity index (χ4n) is 3.99. The Balaban J connectivity index is 1.43. The van der Waals surface area contributed by atoms with Gasteiger partial charge < -0.3 is 14.5 Å².